The Bertz CT molecular complexity index is 2120. The van der Waals surface area contributed by atoms with E-state index in [0.29, 0.717) is 11.2 Å². The van der Waals surface area contributed by atoms with Crippen LogP contribution in [0.15, 0.2) is 137 Å². The minimum Gasteiger partial charge on any atom is -0.456 e. The average molecular weight is 518 g/mol. The van der Waals surface area contributed by atoms with Crippen molar-refractivity contribution >= 4 is 61.1 Å². The molecule has 0 saturated carbocycles. The molecule has 0 bridgehead atoms. The fraction of sp³-hybridized carbons (Fsp3) is 0.0556. The topological polar surface area (TPSA) is 18.1 Å². The number of allylic oxidation sites excluding steroid dienone is 3. The van der Waals surface area contributed by atoms with Crippen molar-refractivity contribution < 1.29 is 4.42 Å². The van der Waals surface area contributed by atoms with Gasteiger partial charge in [0.15, 0.2) is 0 Å². The summed E-state index contributed by atoms with van der Waals surface area (Å²) in [6, 6.07) is 39.2. The Labute approximate surface area is 229 Å². The number of nitrogens with zero attached hydrogens (tertiary/aromatic N) is 1. The van der Waals surface area contributed by atoms with Crippen molar-refractivity contribution in [3.8, 4) is 5.69 Å². The maximum absolute atomic E-state index is 6.52. The molecule has 1 aliphatic carbocycles. The van der Waals surface area contributed by atoms with Crippen LogP contribution >= 0.6 is 11.8 Å². The van der Waals surface area contributed by atoms with Gasteiger partial charge >= 0.3 is 0 Å². The second-order valence-electron chi connectivity index (χ2n) is 10.4. The number of benzene rings is 5. The summed E-state index contributed by atoms with van der Waals surface area (Å²) in [5, 5.41) is 5.32. The van der Waals surface area contributed by atoms with Crippen LogP contribution in [-0.2, 0) is 0 Å². The molecule has 2 aliphatic rings. The molecule has 0 spiro atoms. The Balaban J connectivity index is 1.34. The van der Waals surface area contributed by atoms with Gasteiger partial charge in [-0.1, -0.05) is 91.0 Å². The monoisotopic (exact) mass is 517 g/mol. The van der Waals surface area contributed by atoms with E-state index in [4.69, 9.17) is 4.42 Å². The smallest absolute Gasteiger partial charge is 0.137 e. The number of thioether (sulfide) groups is 1. The van der Waals surface area contributed by atoms with Gasteiger partial charge in [0.05, 0.1) is 22.1 Å². The van der Waals surface area contributed by atoms with E-state index in [1.807, 2.05) is 11.8 Å². The normalized spacial score (nSPS) is 18.2. The molecule has 0 radical (unpaired) electrons. The fourth-order valence-electron chi connectivity index (χ4n) is 6.69. The molecule has 2 unspecified atom stereocenters. The molecule has 3 heterocycles. The third-order valence-corrected chi connectivity index (χ3v) is 9.70. The summed E-state index contributed by atoms with van der Waals surface area (Å²) < 4.78 is 8.93. The molecule has 9 rings (SSSR count). The van der Waals surface area contributed by atoms with Crippen molar-refractivity contribution in [2.75, 3.05) is 0 Å². The molecule has 184 valence electrons. The number of fused-ring (bicyclic) bond motifs is 9. The summed E-state index contributed by atoms with van der Waals surface area (Å²) in [5.74, 6) is 0.386. The first-order valence-corrected chi connectivity index (χ1v) is 14.3. The highest BCUT2D eigenvalue weighted by Gasteiger charge is 2.32. The van der Waals surface area contributed by atoms with E-state index in [-0.39, 0.29) is 0 Å². The maximum atomic E-state index is 6.52. The Morgan fingerprint density at radius 3 is 2.15 bits per heavy atom. The molecular formula is C36H23NOS. The lowest BCUT2D eigenvalue weighted by atomic mass is 9.86. The van der Waals surface area contributed by atoms with Gasteiger partial charge in [-0.2, -0.15) is 0 Å². The van der Waals surface area contributed by atoms with Crippen LogP contribution in [0, 0.1) is 0 Å². The van der Waals surface area contributed by atoms with E-state index in [2.05, 4.69) is 132 Å². The number of hydrogen-bond acceptors (Lipinski definition) is 2. The van der Waals surface area contributed by atoms with Crippen LogP contribution in [0.25, 0.3) is 55.0 Å². The van der Waals surface area contributed by atoms with Crippen molar-refractivity contribution in [3.63, 3.8) is 0 Å². The van der Waals surface area contributed by atoms with Crippen LogP contribution in [0.5, 0.6) is 0 Å². The molecule has 5 aromatic carbocycles. The summed E-state index contributed by atoms with van der Waals surface area (Å²) >= 11 is 1.97. The number of furan rings is 1. The van der Waals surface area contributed by atoms with Crippen LogP contribution in [0.4, 0.5) is 0 Å². The van der Waals surface area contributed by atoms with Gasteiger partial charge in [-0.25, -0.2) is 0 Å². The molecule has 2 aromatic heterocycles. The lowest BCUT2D eigenvalue weighted by molar-refractivity contribution is 0.669. The summed E-state index contributed by atoms with van der Waals surface area (Å²) in [4.78, 5) is 1.40. The largest absolute Gasteiger partial charge is 0.456 e. The van der Waals surface area contributed by atoms with Gasteiger partial charge in [-0.3, -0.25) is 0 Å². The van der Waals surface area contributed by atoms with E-state index in [1.165, 1.54) is 48.8 Å². The van der Waals surface area contributed by atoms with Gasteiger partial charge in [-0.05, 0) is 53.1 Å². The molecule has 7 aromatic rings. The molecule has 3 heteroatoms. The number of hydrogen-bond donors (Lipinski definition) is 0. The first kappa shape index (κ1) is 21.5. The summed E-state index contributed by atoms with van der Waals surface area (Å²) in [5.41, 5.74) is 9.32. The zero-order valence-electron chi connectivity index (χ0n) is 21.0. The van der Waals surface area contributed by atoms with Crippen LogP contribution in [0.3, 0.4) is 0 Å². The second kappa shape index (κ2) is 8.02. The maximum Gasteiger partial charge on any atom is 0.137 e. The van der Waals surface area contributed by atoms with Crippen LogP contribution in [0.2, 0.25) is 0 Å². The lowest BCUT2D eigenvalue weighted by Gasteiger charge is -2.20. The predicted octanol–water partition coefficient (Wildman–Crippen LogP) is 9.89. The lowest BCUT2D eigenvalue weighted by Crippen LogP contribution is -2.09. The van der Waals surface area contributed by atoms with Gasteiger partial charge in [0.1, 0.15) is 11.2 Å². The standard InChI is InChI=1S/C36H23NOS/c1-4-13-28-24(9-1)25-10-2-5-14-29(25)37(28)30-15-8-17-32-36(30)35-23(12-7-16-31(35)38-32)22-19-20-34-27(21-22)26-11-3-6-18-33(26)39-34/h1-21,27,34H. The van der Waals surface area contributed by atoms with Gasteiger partial charge < -0.3 is 8.98 Å². The van der Waals surface area contributed by atoms with Crippen molar-refractivity contribution in [2.24, 2.45) is 0 Å². The van der Waals surface area contributed by atoms with Crippen LogP contribution in [-0.4, -0.2) is 9.82 Å². The molecule has 39 heavy (non-hydrogen) atoms. The Hall–Kier alpha value is -4.47. The van der Waals surface area contributed by atoms with E-state index >= 15 is 0 Å². The molecule has 2 atom stereocenters. The highest BCUT2D eigenvalue weighted by molar-refractivity contribution is 8.00. The number of aromatic nitrogens is 1. The highest BCUT2D eigenvalue weighted by Crippen LogP contribution is 2.50. The van der Waals surface area contributed by atoms with Crippen molar-refractivity contribution in [2.45, 2.75) is 16.1 Å². The van der Waals surface area contributed by atoms with Crippen LogP contribution < -0.4 is 0 Å². The first-order chi connectivity index (χ1) is 19.3. The summed E-state index contributed by atoms with van der Waals surface area (Å²) in [6.07, 6.45) is 7.18. The highest BCUT2D eigenvalue weighted by atomic mass is 32.2. The molecule has 0 saturated heterocycles. The average Bonchev–Trinajstić information content (AvgIpc) is 3.66. The zero-order chi connectivity index (χ0) is 25.5. The predicted molar refractivity (Wildman–Crippen MR) is 164 cm³/mol. The molecule has 2 nitrogen and oxygen atoms in total. The number of rotatable bonds is 2. The van der Waals surface area contributed by atoms with E-state index in [0.717, 1.165) is 22.2 Å². The van der Waals surface area contributed by atoms with Gasteiger partial charge in [0.25, 0.3) is 0 Å². The van der Waals surface area contributed by atoms with Crippen molar-refractivity contribution in [1.29, 1.82) is 0 Å². The molecule has 0 N–H and O–H groups in total. The van der Waals surface area contributed by atoms with Crippen LogP contribution in [0.1, 0.15) is 17.0 Å². The third-order valence-electron chi connectivity index (χ3n) is 8.35. The van der Waals surface area contributed by atoms with E-state index in [1.54, 1.807) is 0 Å². The van der Waals surface area contributed by atoms with Crippen molar-refractivity contribution in [1.82, 2.24) is 4.57 Å². The molecule has 0 amide bonds. The van der Waals surface area contributed by atoms with Gasteiger partial charge in [-0.15, -0.1) is 11.8 Å². The Morgan fingerprint density at radius 1 is 0.641 bits per heavy atom. The second-order valence-corrected chi connectivity index (χ2v) is 11.6. The van der Waals surface area contributed by atoms with Gasteiger partial charge in [0.2, 0.25) is 0 Å². The minimum absolute atomic E-state index is 0.386. The Morgan fingerprint density at radius 2 is 1.33 bits per heavy atom. The quantitative estimate of drug-likeness (QED) is 0.227. The molecule has 1 aliphatic heterocycles. The number of para-hydroxylation sites is 2. The van der Waals surface area contributed by atoms with Crippen molar-refractivity contribution in [3.05, 3.63) is 139 Å². The van der Waals surface area contributed by atoms with Gasteiger partial charge in [0, 0.05) is 32.2 Å². The van der Waals surface area contributed by atoms with E-state index in [9.17, 15) is 0 Å². The van der Waals surface area contributed by atoms with E-state index < -0.39 is 0 Å². The summed E-state index contributed by atoms with van der Waals surface area (Å²) in [6.45, 7) is 0. The summed E-state index contributed by atoms with van der Waals surface area (Å²) in [7, 11) is 0. The molecule has 0 fully saturated rings. The zero-order valence-corrected chi connectivity index (χ0v) is 21.9. The third kappa shape index (κ3) is 2.99. The SMILES string of the molecule is C1=CC2Sc3ccccc3C2C=C1c1cccc2oc3cccc(-n4c5ccccc5c5ccccc54)c3c12. The molecular weight excluding hydrogens is 494 g/mol. The minimum atomic E-state index is 0.386. The first-order valence-electron chi connectivity index (χ1n) is 13.4. The Kier molecular flexibility index (Phi) is 4.41. The fourth-order valence-corrected chi connectivity index (χ4v) is 8.01.